The second kappa shape index (κ2) is 4.06. The van der Waals surface area contributed by atoms with Crippen LogP contribution < -0.4 is 10.3 Å². The molecule has 1 amide bonds. The van der Waals surface area contributed by atoms with Crippen molar-refractivity contribution in [1.29, 1.82) is 0 Å². The lowest BCUT2D eigenvalue weighted by molar-refractivity contribution is -0.121. The second-order valence-corrected chi connectivity index (χ2v) is 5.35. The summed E-state index contributed by atoms with van der Waals surface area (Å²) in [6, 6.07) is 5.71. The highest BCUT2D eigenvalue weighted by atomic mass is 32.1. The number of hydrogen-bond acceptors (Lipinski definition) is 4. The predicted octanol–water partition coefficient (Wildman–Crippen LogP) is 1.45. The zero-order valence-corrected chi connectivity index (χ0v) is 10.5. The number of fused-ring (bicyclic) bond motifs is 1. The lowest BCUT2D eigenvalue weighted by atomic mass is 9.93. The molecule has 0 spiro atoms. The number of nitrogens with zero attached hydrogens (tertiary/aromatic N) is 1. The monoisotopic (exact) mass is 261 g/mol. The third-order valence-corrected chi connectivity index (χ3v) is 3.84. The van der Waals surface area contributed by atoms with E-state index in [1.807, 2.05) is 25.1 Å². The number of carbonyl (C=O) groups excluding carboxylic acids is 1. The fourth-order valence-electron chi connectivity index (χ4n) is 2.16. The first-order valence-corrected chi connectivity index (χ1v) is 6.45. The molecule has 2 aromatic rings. The van der Waals surface area contributed by atoms with Gasteiger partial charge in [-0.15, -0.1) is 0 Å². The van der Waals surface area contributed by atoms with Crippen molar-refractivity contribution in [1.82, 2.24) is 10.4 Å². The number of hydrazone groups is 1. The molecule has 0 saturated carbocycles. The van der Waals surface area contributed by atoms with E-state index >= 15 is 0 Å². The van der Waals surface area contributed by atoms with E-state index < -0.39 is 0 Å². The van der Waals surface area contributed by atoms with Gasteiger partial charge in [-0.05, 0) is 6.07 Å². The molecule has 18 heavy (non-hydrogen) atoms. The van der Waals surface area contributed by atoms with Crippen LogP contribution in [0.4, 0.5) is 0 Å². The number of H-pyrrole nitrogens is 1. The molecule has 3 rings (SSSR count). The average molecular weight is 261 g/mol. The van der Waals surface area contributed by atoms with Crippen LogP contribution in [0.2, 0.25) is 0 Å². The minimum Gasteiger partial charge on any atom is -0.312 e. The Hall–Kier alpha value is -1.95. The molecule has 1 atom stereocenters. The van der Waals surface area contributed by atoms with Gasteiger partial charge in [-0.2, -0.15) is 5.10 Å². The Labute approximate surface area is 107 Å². The summed E-state index contributed by atoms with van der Waals surface area (Å²) in [4.78, 5) is 25.4. The summed E-state index contributed by atoms with van der Waals surface area (Å²) in [5.41, 5.74) is 4.99. The van der Waals surface area contributed by atoms with Crippen molar-refractivity contribution in [3.8, 4) is 0 Å². The fraction of sp³-hybridized carbons (Fsp3) is 0.250. The van der Waals surface area contributed by atoms with Gasteiger partial charge in [-0.1, -0.05) is 30.4 Å². The highest BCUT2D eigenvalue weighted by Crippen LogP contribution is 2.24. The smallest absolute Gasteiger partial charge is 0.305 e. The van der Waals surface area contributed by atoms with Crippen LogP contribution in [0.3, 0.4) is 0 Å². The minimum absolute atomic E-state index is 0.0488. The zero-order chi connectivity index (χ0) is 12.7. The van der Waals surface area contributed by atoms with E-state index in [1.165, 1.54) is 11.3 Å². The molecule has 6 heteroatoms. The number of para-hydroxylation sites is 1. The maximum Gasteiger partial charge on any atom is 0.305 e. The van der Waals surface area contributed by atoms with E-state index in [0.717, 1.165) is 21.5 Å². The van der Waals surface area contributed by atoms with Gasteiger partial charge in [0, 0.05) is 17.9 Å². The number of hydrogen-bond donors (Lipinski definition) is 2. The van der Waals surface area contributed by atoms with Gasteiger partial charge in [0.1, 0.15) is 0 Å². The molecular weight excluding hydrogens is 250 g/mol. The summed E-state index contributed by atoms with van der Waals surface area (Å²) in [6.07, 6.45) is 0.420. The summed E-state index contributed by atoms with van der Waals surface area (Å²) in [7, 11) is 0. The van der Waals surface area contributed by atoms with Gasteiger partial charge < -0.3 is 4.98 Å². The van der Waals surface area contributed by atoms with Gasteiger partial charge in [0.05, 0.1) is 15.9 Å². The van der Waals surface area contributed by atoms with E-state index in [-0.39, 0.29) is 16.7 Å². The van der Waals surface area contributed by atoms with Gasteiger partial charge in [0.15, 0.2) is 0 Å². The Morgan fingerprint density at radius 1 is 1.39 bits per heavy atom. The lowest BCUT2D eigenvalue weighted by Gasteiger charge is -2.19. The molecule has 92 valence electrons. The van der Waals surface area contributed by atoms with Gasteiger partial charge in [-0.25, -0.2) is 5.43 Å². The van der Waals surface area contributed by atoms with Gasteiger partial charge in [0.2, 0.25) is 5.91 Å². The molecule has 1 aromatic heterocycles. The SMILES string of the molecule is CC1CC(=O)NN=C1c1cccc2sc(=O)[nH]c12. The summed E-state index contributed by atoms with van der Waals surface area (Å²) in [5.74, 6) is -0.0232. The van der Waals surface area contributed by atoms with Gasteiger partial charge in [0.25, 0.3) is 0 Å². The molecule has 5 nitrogen and oxygen atoms in total. The number of benzene rings is 1. The van der Waals surface area contributed by atoms with E-state index in [4.69, 9.17) is 0 Å². The van der Waals surface area contributed by atoms with Crippen LogP contribution in [-0.4, -0.2) is 16.6 Å². The number of rotatable bonds is 1. The maximum absolute atomic E-state index is 11.4. The molecular formula is C12H11N3O2S. The number of amides is 1. The Morgan fingerprint density at radius 3 is 3.00 bits per heavy atom. The van der Waals surface area contributed by atoms with Crippen molar-refractivity contribution in [3.63, 3.8) is 0 Å². The second-order valence-electron chi connectivity index (χ2n) is 4.33. The highest BCUT2D eigenvalue weighted by molar-refractivity contribution is 7.16. The van der Waals surface area contributed by atoms with Crippen LogP contribution in [0, 0.1) is 5.92 Å². The zero-order valence-electron chi connectivity index (χ0n) is 9.69. The normalized spacial score (nSPS) is 19.7. The number of thiazole rings is 1. The predicted molar refractivity (Wildman–Crippen MR) is 70.9 cm³/mol. The van der Waals surface area contributed by atoms with Crippen LogP contribution in [0.25, 0.3) is 10.2 Å². The maximum atomic E-state index is 11.4. The van der Waals surface area contributed by atoms with Crippen molar-refractivity contribution in [3.05, 3.63) is 33.4 Å². The molecule has 0 saturated heterocycles. The molecule has 1 aromatic carbocycles. The lowest BCUT2D eigenvalue weighted by Crippen LogP contribution is -2.32. The molecule has 1 aliphatic heterocycles. The topological polar surface area (TPSA) is 74.3 Å². The Morgan fingerprint density at radius 2 is 2.22 bits per heavy atom. The van der Waals surface area contributed by atoms with Crippen molar-refractivity contribution in [2.45, 2.75) is 13.3 Å². The first-order chi connectivity index (χ1) is 8.65. The molecule has 1 aliphatic rings. The summed E-state index contributed by atoms with van der Waals surface area (Å²) in [6.45, 7) is 1.96. The summed E-state index contributed by atoms with van der Waals surface area (Å²) >= 11 is 1.18. The van der Waals surface area contributed by atoms with Crippen LogP contribution in [0.15, 0.2) is 28.1 Å². The minimum atomic E-state index is -0.0782. The highest BCUT2D eigenvalue weighted by Gasteiger charge is 2.23. The molecule has 0 bridgehead atoms. The number of nitrogens with one attached hydrogen (secondary N) is 2. The van der Waals surface area contributed by atoms with Crippen molar-refractivity contribution in [2.75, 3.05) is 0 Å². The van der Waals surface area contributed by atoms with Gasteiger partial charge in [-0.3, -0.25) is 9.59 Å². The van der Waals surface area contributed by atoms with E-state index in [2.05, 4.69) is 15.5 Å². The molecule has 0 aliphatic carbocycles. The van der Waals surface area contributed by atoms with Gasteiger partial charge >= 0.3 is 4.87 Å². The van der Waals surface area contributed by atoms with E-state index in [9.17, 15) is 9.59 Å². The van der Waals surface area contributed by atoms with Crippen molar-refractivity contribution in [2.24, 2.45) is 11.0 Å². The summed E-state index contributed by atoms with van der Waals surface area (Å²) in [5, 5.41) is 4.12. The molecule has 1 unspecified atom stereocenters. The van der Waals surface area contributed by atoms with Crippen molar-refractivity contribution < 1.29 is 4.79 Å². The third kappa shape index (κ3) is 1.74. The van der Waals surface area contributed by atoms with E-state index in [1.54, 1.807) is 0 Å². The Bertz CT molecular complexity index is 713. The molecule has 0 radical (unpaired) electrons. The summed E-state index contributed by atoms with van der Waals surface area (Å²) < 4.78 is 0.907. The van der Waals surface area contributed by atoms with Crippen LogP contribution >= 0.6 is 11.3 Å². The van der Waals surface area contributed by atoms with Crippen LogP contribution in [-0.2, 0) is 4.79 Å². The number of carbonyl (C=O) groups is 1. The van der Waals surface area contributed by atoms with Crippen LogP contribution in [0.5, 0.6) is 0 Å². The quantitative estimate of drug-likeness (QED) is 0.815. The first-order valence-electron chi connectivity index (χ1n) is 5.64. The number of aromatic nitrogens is 1. The third-order valence-electron chi connectivity index (χ3n) is 2.99. The molecule has 2 N–H and O–H groups in total. The largest absolute Gasteiger partial charge is 0.312 e. The first kappa shape index (κ1) is 11.2. The standard InChI is InChI=1S/C12H11N3O2S/c1-6-5-9(16)14-15-10(6)7-3-2-4-8-11(7)13-12(17)18-8/h2-4,6H,5H2,1H3,(H,13,17)(H,14,16). The molecule has 0 fully saturated rings. The number of aromatic amines is 1. The average Bonchev–Trinajstić information content (AvgIpc) is 2.69. The fourth-order valence-corrected chi connectivity index (χ4v) is 2.93. The van der Waals surface area contributed by atoms with E-state index in [0.29, 0.717) is 6.42 Å². The van der Waals surface area contributed by atoms with Crippen LogP contribution in [0.1, 0.15) is 18.9 Å². The Kier molecular flexibility index (Phi) is 2.52. The van der Waals surface area contributed by atoms with Crippen molar-refractivity contribution >= 4 is 33.2 Å². The molecule has 2 heterocycles. The Balaban J connectivity index is 2.20.